The first kappa shape index (κ1) is 15.1. The number of nitrogens with one attached hydrogen (secondary N) is 1. The number of nitrogens with zero attached hydrogens (tertiary/aromatic N) is 2. The Balaban J connectivity index is 2.14. The number of rotatable bonds is 5. The summed E-state index contributed by atoms with van der Waals surface area (Å²) in [6.07, 6.45) is 4.80. The standard InChI is InChI=1S/C16H21BN3OS/c1-3-10-17(11-4-2)18-15-19(12-13-22-15)16(21)20(17)14-8-6-5-7-9-14/h5-9,12-13H,3-4,10-11H2,1-2H3/q-1/p+1. The Kier molecular flexibility index (Phi) is 4.20. The van der Waals surface area contributed by atoms with Crippen LogP contribution in [0.3, 0.4) is 0 Å². The lowest BCUT2D eigenvalue weighted by atomic mass is 9.38. The van der Waals surface area contributed by atoms with E-state index in [1.165, 1.54) is 0 Å². The van der Waals surface area contributed by atoms with Crippen LogP contribution in [0.5, 0.6) is 0 Å². The Morgan fingerprint density at radius 1 is 1.18 bits per heavy atom. The lowest BCUT2D eigenvalue weighted by Crippen LogP contribution is -2.73. The van der Waals surface area contributed by atoms with E-state index in [-0.39, 0.29) is 6.03 Å². The van der Waals surface area contributed by atoms with Gasteiger partial charge in [-0.3, -0.25) is 0 Å². The molecule has 0 aliphatic carbocycles. The minimum Gasteiger partial charge on any atom is -0.451 e. The molecule has 0 atom stereocenters. The van der Waals surface area contributed by atoms with Gasteiger partial charge in [0.25, 0.3) is 0 Å². The van der Waals surface area contributed by atoms with Crippen LogP contribution < -0.4 is 14.6 Å². The maximum Gasteiger partial charge on any atom is 0.407 e. The lowest BCUT2D eigenvalue weighted by molar-refractivity contribution is -0.549. The fourth-order valence-corrected chi connectivity index (χ4v) is 4.49. The van der Waals surface area contributed by atoms with Gasteiger partial charge in [0.15, 0.2) is 0 Å². The summed E-state index contributed by atoms with van der Waals surface area (Å²) in [6.45, 7) is 4.37. The third-order valence-electron chi connectivity index (χ3n) is 4.47. The topological polar surface area (TPSA) is 36.2 Å². The van der Waals surface area contributed by atoms with Gasteiger partial charge in [-0.2, -0.15) is 4.57 Å². The summed E-state index contributed by atoms with van der Waals surface area (Å²) in [6, 6.07) is 10.1. The molecule has 1 N–H and O–H groups in total. The van der Waals surface area contributed by atoms with Crippen LogP contribution in [-0.4, -0.2) is 12.4 Å². The molecule has 22 heavy (non-hydrogen) atoms. The largest absolute Gasteiger partial charge is 0.451 e. The average molecular weight is 315 g/mol. The molecule has 0 spiro atoms. The van der Waals surface area contributed by atoms with E-state index in [2.05, 4.69) is 19.1 Å². The van der Waals surface area contributed by atoms with E-state index >= 15 is 0 Å². The molecule has 0 fully saturated rings. The molecule has 0 saturated heterocycles. The first-order chi connectivity index (χ1) is 10.7. The van der Waals surface area contributed by atoms with Crippen LogP contribution in [0, 0.1) is 0 Å². The third-order valence-corrected chi connectivity index (χ3v) is 5.27. The number of fused-ring (bicyclic) bond motifs is 1. The highest BCUT2D eigenvalue weighted by molar-refractivity contribution is 7.14. The summed E-state index contributed by atoms with van der Waals surface area (Å²) in [5.41, 5.74) is 0.978. The minimum atomic E-state index is -1.14. The van der Waals surface area contributed by atoms with E-state index in [0.717, 1.165) is 36.3 Å². The Bertz CT molecular complexity index is 652. The summed E-state index contributed by atoms with van der Waals surface area (Å²) in [5, 5.41) is 6.64. The van der Waals surface area contributed by atoms with Gasteiger partial charge in [0.2, 0.25) is 5.13 Å². The van der Waals surface area contributed by atoms with Gasteiger partial charge in [0, 0.05) is 5.38 Å². The Morgan fingerprint density at radius 2 is 1.86 bits per heavy atom. The number of para-hydroxylation sites is 1. The summed E-state index contributed by atoms with van der Waals surface area (Å²) in [4.78, 5) is 15.1. The highest BCUT2D eigenvalue weighted by Crippen LogP contribution is 2.34. The number of thiazole rings is 1. The molecule has 6 heteroatoms. The highest BCUT2D eigenvalue weighted by atomic mass is 32.1. The van der Waals surface area contributed by atoms with Crippen LogP contribution in [0.25, 0.3) is 0 Å². The van der Waals surface area contributed by atoms with Crippen LogP contribution >= 0.6 is 11.3 Å². The van der Waals surface area contributed by atoms with Crippen molar-refractivity contribution in [3.63, 3.8) is 0 Å². The molecule has 116 valence electrons. The van der Waals surface area contributed by atoms with Gasteiger partial charge in [0.1, 0.15) is 0 Å². The van der Waals surface area contributed by atoms with Crippen LogP contribution in [0.15, 0.2) is 41.9 Å². The fourth-order valence-electron chi connectivity index (χ4n) is 3.64. The maximum atomic E-state index is 13.1. The van der Waals surface area contributed by atoms with E-state index < -0.39 is 6.42 Å². The lowest BCUT2D eigenvalue weighted by Gasteiger charge is -2.47. The van der Waals surface area contributed by atoms with Gasteiger partial charge in [-0.15, -0.1) is 12.6 Å². The molecule has 1 aliphatic rings. The highest BCUT2D eigenvalue weighted by Gasteiger charge is 2.47. The molecule has 1 aromatic heterocycles. The summed E-state index contributed by atoms with van der Waals surface area (Å²) in [5.74, 6) is 0. The van der Waals surface area contributed by atoms with Gasteiger partial charge in [-0.25, -0.2) is 4.79 Å². The molecule has 0 bridgehead atoms. The number of benzene rings is 1. The van der Waals surface area contributed by atoms with Crippen molar-refractivity contribution in [2.24, 2.45) is 0 Å². The van der Waals surface area contributed by atoms with Gasteiger partial charge < -0.3 is 10.0 Å². The number of hydrogen-bond donors (Lipinski definition) is 1. The molecule has 1 amide bonds. The zero-order valence-corrected chi connectivity index (χ0v) is 14.0. The predicted octanol–water partition coefficient (Wildman–Crippen LogP) is 4.20. The maximum absolute atomic E-state index is 13.1. The first-order valence-electron chi connectivity index (χ1n) is 8.07. The van der Waals surface area contributed by atoms with E-state index in [9.17, 15) is 4.79 Å². The van der Waals surface area contributed by atoms with Crippen molar-refractivity contribution >= 4 is 34.6 Å². The molecule has 2 heterocycles. The predicted molar refractivity (Wildman–Crippen MR) is 93.8 cm³/mol. The van der Waals surface area contributed by atoms with Crippen molar-refractivity contribution in [1.82, 2.24) is 0 Å². The van der Waals surface area contributed by atoms with Crippen LogP contribution in [0.1, 0.15) is 26.7 Å². The zero-order chi connectivity index (χ0) is 15.6. The van der Waals surface area contributed by atoms with Crippen molar-refractivity contribution < 1.29 is 9.36 Å². The molecule has 2 aromatic rings. The second-order valence-corrected chi connectivity index (χ2v) is 6.87. The van der Waals surface area contributed by atoms with Crippen molar-refractivity contribution in [1.29, 1.82) is 0 Å². The van der Waals surface area contributed by atoms with Gasteiger partial charge in [-0.1, -0.05) is 56.2 Å². The van der Waals surface area contributed by atoms with Gasteiger partial charge in [0.05, 0.1) is 11.9 Å². The molecular weight excluding hydrogens is 293 g/mol. The molecule has 1 aromatic carbocycles. The SMILES string of the molecule is CCC[B-]1(CCC)Nc2scc[n+]2C(=O)N1c1ccccc1. The van der Waals surface area contributed by atoms with Crippen molar-refractivity contribution in [3.8, 4) is 0 Å². The van der Waals surface area contributed by atoms with Crippen molar-refractivity contribution in [3.05, 3.63) is 41.9 Å². The normalized spacial score (nSPS) is 16.3. The molecule has 1 aliphatic heterocycles. The number of carbonyl (C=O) groups is 1. The second-order valence-electron chi connectivity index (χ2n) is 5.98. The van der Waals surface area contributed by atoms with Crippen LogP contribution in [-0.2, 0) is 0 Å². The summed E-state index contributed by atoms with van der Waals surface area (Å²) >= 11 is 1.60. The smallest absolute Gasteiger partial charge is 0.407 e. The molecule has 0 saturated carbocycles. The number of carbonyl (C=O) groups excluding carboxylic acids is 1. The molecule has 3 rings (SSSR count). The second kappa shape index (κ2) is 6.12. The molecule has 4 nitrogen and oxygen atoms in total. The third kappa shape index (κ3) is 2.41. The van der Waals surface area contributed by atoms with E-state index in [0.29, 0.717) is 0 Å². The quantitative estimate of drug-likeness (QED) is 0.663. The zero-order valence-electron chi connectivity index (χ0n) is 13.2. The van der Waals surface area contributed by atoms with Crippen molar-refractivity contribution in [2.45, 2.75) is 39.3 Å². The van der Waals surface area contributed by atoms with E-state index in [4.69, 9.17) is 0 Å². The molecule has 0 unspecified atom stereocenters. The number of amides is 1. The summed E-state index contributed by atoms with van der Waals surface area (Å²) < 4.78 is 1.73. The first-order valence-corrected chi connectivity index (χ1v) is 8.95. The molecular formula is C16H22BN3OS. The number of aromatic nitrogens is 1. The Labute approximate surface area is 135 Å². The molecule has 0 radical (unpaired) electrons. The summed E-state index contributed by atoms with van der Waals surface area (Å²) in [7, 11) is 0. The van der Waals surface area contributed by atoms with Crippen molar-refractivity contribution in [2.75, 3.05) is 10.0 Å². The van der Waals surface area contributed by atoms with E-state index in [1.54, 1.807) is 15.9 Å². The van der Waals surface area contributed by atoms with Crippen LogP contribution in [0.2, 0.25) is 12.6 Å². The minimum absolute atomic E-state index is 0.0584. The number of hydrogen-bond acceptors (Lipinski definition) is 3. The van der Waals surface area contributed by atoms with Gasteiger partial charge >= 0.3 is 12.4 Å². The van der Waals surface area contributed by atoms with Gasteiger partial charge in [-0.05, 0) is 12.1 Å². The average Bonchev–Trinajstić information content (AvgIpc) is 2.97. The van der Waals surface area contributed by atoms with Crippen LogP contribution in [0.4, 0.5) is 15.6 Å². The number of anilines is 2. The Hall–Kier alpha value is -1.82. The fraction of sp³-hybridized carbons (Fsp3) is 0.375. The van der Waals surface area contributed by atoms with E-state index in [1.807, 2.05) is 46.7 Å². The monoisotopic (exact) mass is 315 g/mol. The Morgan fingerprint density at radius 3 is 2.50 bits per heavy atom.